The number of ketones is 1. The van der Waals surface area contributed by atoms with Crippen LogP contribution < -0.4 is 0 Å². The molecule has 1 aromatic rings. The first-order valence-corrected chi connectivity index (χ1v) is 5.24. The Bertz CT molecular complexity index is 334. The molecular weight excluding hydrogens is 208 g/mol. The summed E-state index contributed by atoms with van der Waals surface area (Å²) >= 11 is 7.07. The summed E-state index contributed by atoms with van der Waals surface area (Å²) in [4.78, 5) is 12.4. The number of halogens is 1. The first-order chi connectivity index (χ1) is 6.22. The van der Waals surface area contributed by atoms with Gasteiger partial charge in [0.15, 0.2) is 5.78 Å². The standard InChI is InChI=1S/C9H9ClO2S/c1-12-6-4-5(6)9(11)7-2-3-8(10)13-7/h2-3,5-6H,4H2,1H3. The lowest BCUT2D eigenvalue weighted by molar-refractivity contribution is 0.0922. The molecule has 1 fully saturated rings. The number of ether oxygens (including phenoxy) is 1. The molecule has 0 bridgehead atoms. The molecule has 1 aliphatic carbocycles. The molecule has 2 unspecified atom stereocenters. The van der Waals surface area contributed by atoms with Gasteiger partial charge in [-0.2, -0.15) is 0 Å². The molecule has 0 N–H and O–H groups in total. The van der Waals surface area contributed by atoms with Crippen LogP contribution in [0.5, 0.6) is 0 Å². The normalized spacial score (nSPS) is 26.0. The predicted molar refractivity (Wildman–Crippen MR) is 52.6 cm³/mol. The van der Waals surface area contributed by atoms with Crippen LogP contribution in [0.4, 0.5) is 0 Å². The molecule has 1 aromatic heterocycles. The zero-order chi connectivity index (χ0) is 9.42. The van der Waals surface area contributed by atoms with Gasteiger partial charge in [0.1, 0.15) is 0 Å². The molecule has 70 valence electrons. The molecule has 1 saturated carbocycles. The maximum atomic E-state index is 11.7. The molecule has 2 atom stereocenters. The maximum Gasteiger partial charge on any atom is 0.178 e. The van der Waals surface area contributed by atoms with Crippen molar-refractivity contribution in [3.8, 4) is 0 Å². The molecule has 0 saturated heterocycles. The number of rotatable bonds is 3. The van der Waals surface area contributed by atoms with E-state index >= 15 is 0 Å². The maximum absolute atomic E-state index is 11.7. The third-order valence-electron chi connectivity index (χ3n) is 2.19. The van der Waals surface area contributed by atoms with E-state index in [-0.39, 0.29) is 17.8 Å². The molecule has 0 aromatic carbocycles. The second-order valence-electron chi connectivity index (χ2n) is 3.08. The fourth-order valence-electron chi connectivity index (χ4n) is 1.34. The van der Waals surface area contributed by atoms with E-state index in [4.69, 9.17) is 16.3 Å². The van der Waals surface area contributed by atoms with Gasteiger partial charge in [-0.15, -0.1) is 11.3 Å². The summed E-state index contributed by atoms with van der Waals surface area (Å²) in [6.45, 7) is 0. The quantitative estimate of drug-likeness (QED) is 0.727. The minimum Gasteiger partial charge on any atom is -0.381 e. The van der Waals surface area contributed by atoms with Gasteiger partial charge in [0.25, 0.3) is 0 Å². The minimum absolute atomic E-state index is 0.0692. The van der Waals surface area contributed by atoms with Crippen molar-refractivity contribution >= 4 is 28.7 Å². The Hall–Kier alpha value is -0.380. The van der Waals surface area contributed by atoms with E-state index in [0.29, 0.717) is 4.34 Å². The zero-order valence-corrected chi connectivity index (χ0v) is 8.69. The molecule has 0 aliphatic heterocycles. The van der Waals surface area contributed by atoms with Crippen molar-refractivity contribution in [3.05, 3.63) is 21.3 Å². The highest BCUT2D eigenvalue weighted by Crippen LogP contribution is 2.38. The topological polar surface area (TPSA) is 26.3 Å². The summed E-state index contributed by atoms with van der Waals surface area (Å²) in [5.74, 6) is 0.239. The van der Waals surface area contributed by atoms with E-state index in [9.17, 15) is 4.79 Å². The molecule has 4 heteroatoms. The Kier molecular flexibility index (Phi) is 2.41. The summed E-state index contributed by atoms with van der Waals surface area (Å²) < 4.78 is 5.74. The van der Waals surface area contributed by atoms with Crippen molar-refractivity contribution in [2.24, 2.45) is 5.92 Å². The molecule has 0 radical (unpaired) electrons. The molecule has 13 heavy (non-hydrogen) atoms. The zero-order valence-electron chi connectivity index (χ0n) is 7.12. The van der Waals surface area contributed by atoms with Crippen LogP contribution in [0.2, 0.25) is 4.34 Å². The first-order valence-electron chi connectivity index (χ1n) is 4.04. The Morgan fingerprint density at radius 3 is 2.92 bits per heavy atom. The van der Waals surface area contributed by atoms with Gasteiger partial charge < -0.3 is 4.74 Å². The van der Waals surface area contributed by atoms with E-state index in [1.807, 2.05) is 0 Å². The average molecular weight is 217 g/mol. The van der Waals surface area contributed by atoms with Gasteiger partial charge in [-0.05, 0) is 18.6 Å². The third kappa shape index (κ3) is 1.77. The molecule has 0 amide bonds. The molecule has 0 spiro atoms. The number of carbonyl (C=O) groups is 1. The second-order valence-corrected chi connectivity index (χ2v) is 4.80. The lowest BCUT2D eigenvalue weighted by atomic mass is 10.2. The summed E-state index contributed by atoms with van der Waals surface area (Å²) in [7, 11) is 1.64. The van der Waals surface area contributed by atoms with Gasteiger partial charge in [0.2, 0.25) is 0 Å². The van der Waals surface area contributed by atoms with Gasteiger partial charge in [-0.25, -0.2) is 0 Å². The van der Waals surface area contributed by atoms with E-state index in [1.54, 1.807) is 19.2 Å². The van der Waals surface area contributed by atoms with Crippen LogP contribution in [-0.2, 0) is 4.74 Å². The molecule has 1 heterocycles. The highest BCUT2D eigenvalue weighted by molar-refractivity contribution is 7.18. The highest BCUT2D eigenvalue weighted by atomic mass is 35.5. The van der Waals surface area contributed by atoms with Crippen LogP contribution in [0.1, 0.15) is 16.1 Å². The molecule has 1 aliphatic rings. The summed E-state index contributed by atoms with van der Waals surface area (Å²) in [5.41, 5.74) is 0. The molecular formula is C9H9ClO2S. The van der Waals surface area contributed by atoms with Gasteiger partial charge in [0, 0.05) is 7.11 Å². The van der Waals surface area contributed by atoms with Crippen LogP contribution in [0.15, 0.2) is 12.1 Å². The van der Waals surface area contributed by atoms with Crippen molar-refractivity contribution in [1.82, 2.24) is 0 Å². The van der Waals surface area contributed by atoms with Crippen molar-refractivity contribution in [2.75, 3.05) is 7.11 Å². The van der Waals surface area contributed by atoms with Crippen LogP contribution >= 0.6 is 22.9 Å². The lowest BCUT2D eigenvalue weighted by Crippen LogP contribution is -2.03. The molecule has 2 nitrogen and oxygen atoms in total. The van der Waals surface area contributed by atoms with Crippen LogP contribution in [0.25, 0.3) is 0 Å². The minimum atomic E-state index is 0.0692. The number of carbonyl (C=O) groups excluding carboxylic acids is 1. The first kappa shape index (κ1) is 9.19. The van der Waals surface area contributed by atoms with E-state index in [2.05, 4.69) is 0 Å². The molecule has 2 rings (SSSR count). The van der Waals surface area contributed by atoms with Crippen molar-refractivity contribution < 1.29 is 9.53 Å². The summed E-state index contributed by atoms with van der Waals surface area (Å²) in [5, 5.41) is 0. The van der Waals surface area contributed by atoms with E-state index < -0.39 is 0 Å². The number of hydrogen-bond acceptors (Lipinski definition) is 3. The number of methoxy groups -OCH3 is 1. The van der Waals surface area contributed by atoms with Gasteiger partial charge >= 0.3 is 0 Å². The fourth-order valence-corrected chi connectivity index (χ4v) is 2.38. The van der Waals surface area contributed by atoms with E-state index in [1.165, 1.54) is 11.3 Å². The SMILES string of the molecule is COC1CC1C(=O)c1ccc(Cl)s1. The Labute approximate surface area is 85.5 Å². The number of thiophene rings is 1. The summed E-state index contributed by atoms with van der Waals surface area (Å²) in [6, 6.07) is 3.53. The van der Waals surface area contributed by atoms with Crippen LogP contribution in [-0.4, -0.2) is 19.0 Å². The smallest absolute Gasteiger partial charge is 0.178 e. The van der Waals surface area contributed by atoms with Crippen molar-refractivity contribution in [3.63, 3.8) is 0 Å². The van der Waals surface area contributed by atoms with E-state index in [0.717, 1.165) is 11.3 Å². The van der Waals surface area contributed by atoms with Gasteiger partial charge in [0.05, 0.1) is 21.2 Å². The predicted octanol–water partition coefficient (Wildman–Crippen LogP) is 2.62. The number of Topliss-reactive ketones (excluding diaryl/α,β-unsaturated/α-hetero) is 1. The Morgan fingerprint density at radius 2 is 2.46 bits per heavy atom. The van der Waals surface area contributed by atoms with Gasteiger partial charge in [-0.3, -0.25) is 4.79 Å². The van der Waals surface area contributed by atoms with Crippen molar-refractivity contribution in [1.29, 1.82) is 0 Å². The highest BCUT2D eigenvalue weighted by Gasteiger charge is 2.43. The van der Waals surface area contributed by atoms with Crippen LogP contribution in [0.3, 0.4) is 0 Å². The summed E-state index contributed by atoms with van der Waals surface area (Å²) in [6.07, 6.45) is 0.985. The monoisotopic (exact) mass is 216 g/mol. The second kappa shape index (κ2) is 3.40. The largest absolute Gasteiger partial charge is 0.381 e. The fraction of sp³-hybridized carbons (Fsp3) is 0.444. The Morgan fingerprint density at radius 1 is 1.69 bits per heavy atom. The average Bonchev–Trinajstić information content (AvgIpc) is 2.80. The van der Waals surface area contributed by atoms with Gasteiger partial charge in [-0.1, -0.05) is 11.6 Å². The number of hydrogen-bond donors (Lipinski definition) is 0. The van der Waals surface area contributed by atoms with Crippen molar-refractivity contribution in [2.45, 2.75) is 12.5 Å². The Balaban J connectivity index is 2.07. The van der Waals surface area contributed by atoms with Crippen LogP contribution in [0, 0.1) is 5.92 Å². The lowest BCUT2D eigenvalue weighted by Gasteiger charge is -1.94. The third-order valence-corrected chi connectivity index (χ3v) is 3.43.